The lowest BCUT2D eigenvalue weighted by molar-refractivity contribution is -0.385. The summed E-state index contributed by atoms with van der Waals surface area (Å²) < 4.78 is 28.3. The van der Waals surface area contributed by atoms with E-state index in [0.717, 1.165) is 18.2 Å². The van der Waals surface area contributed by atoms with E-state index in [1.807, 2.05) is 0 Å². The normalized spacial score (nSPS) is 10.2. The van der Waals surface area contributed by atoms with E-state index in [4.69, 9.17) is 14.2 Å². The van der Waals surface area contributed by atoms with E-state index in [0.29, 0.717) is 0 Å². The average molecular weight is 377 g/mol. The lowest BCUT2D eigenvalue weighted by atomic mass is 10.1. The number of ketones is 1. The molecule has 0 bridgehead atoms. The number of methoxy groups -OCH3 is 1. The number of nitro groups is 1. The summed E-state index contributed by atoms with van der Waals surface area (Å²) in [7, 11) is 1.30. The molecule has 0 atom stereocenters. The summed E-state index contributed by atoms with van der Waals surface area (Å²) in [5.41, 5.74) is -0.933. The van der Waals surface area contributed by atoms with E-state index < -0.39 is 40.4 Å². The molecule has 0 N–H and O–H groups in total. The maximum absolute atomic E-state index is 13.2. The van der Waals surface area contributed by atoms with Gasteiger partial charge >= 0.3 is 5.97 Å². The van der Waals surface area contributed by atoms with Crippen LogP contribution in [0.5, 0.6) is 11.5 Å². The SMILES string of the molecule is CCOc1cc(C(=O)OCC(=O)c2cccc(F)c2)c([N+](=O)[O-])cc1OC. The molecule has 0 radical (unpaired) electrons. The van der Waals surface area contributed by atoms with Gasteiger partial charge in [-0.05, 0) is 19.1 Å². The average Bonchev–Trinajstić information content (AvgIpc) is 2.65. The van der Waals surface area contributed by atoms with Crippen LogP contribution in [0.25, 0.3) is 0 Å². The van der Waals surface area contributed by atoms with Crippen molar-refractivity contribution in [2.75, 3.05) is 20.3 Å². The summed E-state index contributed by atoms with van der Waals surface area (Å²) in [5.74, 6) is -2.15. The fraction of sp³-hybridized carbons (Fsp3) is 0.222. The fourth-order valence-corrected chi connectivity index (χ4v) is 2.25. The molecule has 0 amide bonds. The number of ether oxygens (including phenoxy) is 3. The Bertz CT molecular complexity index is 882. The summed E-state index contributed by atoms with van der Waals surface area (Å²) in [4.78, 5) is 34.8. The lowest BCUT2D eigenvalue weighted by Crippen LogP contribution is -2.16. The highest BCUT2D eigenvalue weighted by atomic mass is 19.1. The molecule has 0 aliphatic carbocycles. The van der Waals surface area contributed by atoms with E-state index >= 15 is 0 Å². The van der Waals surface area contributed by atoms with Crippen molar-refractivity contribution in [3.63, 3.8) is 0 Å². The lowest BCUT2D eigenvalue weighted by Gasteiger charge is -2.11. The molecule has 2 rings (SSSR count). The van der Waals surface area contributed by atoms with E-state index in [-0.39, 0.29) is 23.7 Å². The van der Waals surface area contributed by atoms with Crippen LogP contribution in [0.3, 0.4) is 0 Å². The number of nitro benzene ring substituents is 1. The molecule has 0 aliphatic heterocycles. The smallest absolute Gasteiger partial charge is 0.345 e. The third kappa shape index (κ3) is 4.78. The Kier molecular flexibility index (Phi) is 6.42. The number of nitrogens with zero attached hydrogens (tertiary/aromatic N) is 1. The second kappa shape index (κ2) is 8.75. The Morgan fingerprint density at radius 1 is 1.19 bits per heavy atom. The molecule has 0 saturated heterocycles. The largest absolute Gasteiger partial charge is 0.493 e. The van der Waals surface area contributed by atoms with Crippen molar-refractivity contribution >= 4 is 17.4 Å². The number of rotatable bonds is 8. The van der Waals surface area contributed by atoms with Crippen LogP contribution in [0.15, 0.2) is 36.4 Å². The Labute approximate surface area is 153 Å². The molecule has 8 nitrogen and oxygen atoms in total. The highest BCUT2D eigenvalue weighted by Gasteiger charge is 2.26. The standard InChI is InChI=1S/C18H16FNO7/c1-3-26-17-8-13(14(20(23)24)9-16(17)25-2)18(22)27-10-15(21)11-5-4-6-12(19)7-11/h4-9H,3,10H2,1-2H3. The predicted molar refractivity (Wildman–Crippen MR) is 91.8 cm³/mol. The van der Waals surface area contributed by atoms with Gasteiger partial charge in [0.25, 0.3) is 5.69 Å². The summed E-state index contributed by atoms with van der Waals surface area (Å²) in [6, 6.07) is 7.03. The van der Waals surface area contributed by atoms with Gasteiger partial charge in [-0.15, -0.1) is 0 Å². The Morgan fingerprint density at radius 2 is 1.93 bits per heavy atom. The quantitative estimate of drug-likeness (QED) is 0.301. The summed E-state index contributed by atoms with van der Waals surface area (Å²) in [5, 5.41) is 11.3. The molecule has 0 spiro atoms. The molecule has 0 aliphatic rings. The van der Waals surface area contributed by atoms with Crippen LogP contribution in [0.4, 0.5) is 10.1 Å². The highest BCUT2D eigenvalue weighted by Crippen LogP contribution is 2.35. The number of hydrogen-bond donors (Lipinski definition) is 0. The van der Waals surface area contributed by atoms with Crippen molar-refractivity contribution in [2.24, 2.45) is 0 Å². The second-order valence-corrected chi connectivity index (χ2v) is 5.22. The van der Waals surface area contributed by atoms with Crippen molar-refractivity contribution in [1.82, 2.24) is 0 Å². The van der Waals surface area contributed by atoms with Crippen molar-refractivity contribution < 1.29 is 33.1 Å². The van der Waals surface area contributed by atoms with Crippen LogP contribution in [-0.4, -0.2) is 37.0 Å². The molecular formula is C18H16FNO7. The van der Waals surface area contributed by atoms with Crippen LogP contribution < -0.4 is 9.47 Å². The highest BCUT2D eigenvalue weighted by molar-refractivity contribution is 6.00. The van der Waals surface area contributed by atoms with Crippen LogP contribution in [0.2, 0.25) is 0 Å². The van der Waals surface area contributed by atoms with Gasteiger partial charge in [0, 0.05) is 11.6 Å². The van der Waals surface area contributed by atoms with Crippen molar-refractivity contribution in [3.8, 4) is 11.5 Å². The molecule has 9 heteroatoms. The van der Waals surface area contributed by atoms with Crippen molar-refractivity contribution in [2.45, 2.75) is 6.92 Å². The molecule has 0 fully saturated rings. The number of esters is 1. The number of hydrogen-bond acceptors (Lipinski definition) is 7. The first-order valence-electron chi connectivity index (χ1n) is 7.82. The van der Waals surface area contributed by atoms with Crippen LogP contribution in [0.1, 0.15) is 27.6 Å². The summed E-state index contributed by atoms with van der Waals surface area (Å²) >= 11 is 0. The summed E-state index contributed by atoms with van der Waals surface area (Å²) in [6.45, 7) is 1.23. The molecule has 0 heterocycles. The Hall–Kier alpha value is -3.49. The van der Waals surface area contributed by atoms with E-state index in [1.54, 1.807) is 6.92 Å². The van der Waals surface area contributed by atoms with Gasteiger partial charge in [-0.3, -0.25) is 14.9 Å². The van der Waals surface area contributed by atoms with Crippen LogP contribution in [0, 0.1) is 15.9 Å². The predicted octanol–water partition coefficient (Wildman–Crippen LogP) is 3.18. The number of benzene rings is 2. The number of carbonyl (C=O) groups excluding carboxylic acids is 2. The zero-order chi connectivity index (χ0) is 20.0. The molecule has 0 aromatic heterocycles. The van der Waals surface area contributed by atoms with Gasteiger partial charge in [0.05, 0.1) is 24.7 Å². The third-order valence-corrected chi connectivity index (χ3v) is 3.48. The molecule has 2 aromatic carbocycles. The molecule has 0 saturated carbocycles. The maximum atomic E-state index is 13.2. The molecule has 27 heavy (non-hydrogen) atoms. The molecular weight excluding hydrogens is 361 g/mol. The van der Waals surface area contributed by atoms with Gasteiger partial charge < -0.3 is 14.2 Å². The van der Waals surface area contributed by atoms with E-state index in [2.05, 4.69) is 0 Å². The monoisotopic (exact) mass is 377 g/mol. The first-order chi connectivity index (χ1) is 12.9. The van der Waals surface area contributed by atoms with Gasteiger partial charge in [-0.2, -0.15) is 0 Å². The molecule has 142 valence electrons. The van der Waals surface area contributed by atoms with Gasteiger partial charge in [-0.25, -0.2) is 9.18 Å². The number of carbonyl (C=O) groups is 2. The van der Waals surface area contributed by atoms with Crippen molar-refractivity contribution in [1.29, 1.82) is 0 Å². The zero-order valence-electron chi connectivity index (χ0n) is 14.6. The minimum Gasteiger partial charge on any atom is -0.493 e. The number of Topliss-reactive ketones (excluding diaryl/α,β-unsaturated/α-hetero) is 1. The van der Waals surface area contributed by atoms with Crippen LogP contribution >= 0.6 is 0 Å². The molecule has 0 unspecified atom stereocenters. The topological polar surface area (TPSA) is 105 Å². The van der Waals surface area contributed by atoms with E-state index in [9.17, 15) is 24.1 Å². The summed E-state index contributed by atoms with van der Waals surface area (Å²) in [6.07, 6.45) is 0. The molecule has 2 aromatic rings. The minimum absolute atomic E-state index is 0.0158. The minimum atomic E-state index is -1.09. The van der Waals surface area contributed by atoms with Gasteiger partial charge in [0.15, 0.2) is 23.9 Å². The number of halogens is 1. The maximum Gasteiger partial charge on any atom is 0.345 e. The van der Waals surface area contributed by atoms with Gasteiger partial charge in [-0.1, -0.05) is 12.1 Å². The van der Waals surface area contributed by atoms with Crippen LogP contribution in [-0.2, 0) is 4.74 Å². The first-order valence-corrected chi connectivity index (χ1v) is 7.82. The van der Waals surface area contributed by atoms with Gasteiger partial charge in [0.2, 0.25) is 0 Å². The Morgan fingerprint density at radius 3 is 2.52 bits per heavy atom. The van der Waals surface area contributed by atoms with Gasteiger partial charge in [0.1, 0.15) is 11.4 Å². The fourth-order valence-electron chi connectivity index (χ4n) is 2.25. The van der Waals surface area contributed by atoms with Crippen molar-refractivity contribution in [3.05, 3.63) is 63.5 Å². The second-order valence-electron chi connectivity index (χ2n) is 5.22. The van der Waals surface area contributed by atoms with E-state index in [1.165, 1.54) is 25.3 Å². The zero-order valence-corrected chi connectivity index (χ0v) is 14.6. The third-order valence-electron chi connectivity index (χ3n) is 3.48. The Balaban J connectivity index is 2.25. The first kappa shape index (κ1) is 19.8.